The number of nitrogens with one attached hydrogen (secondary N) is 1. The number of halogens is 1. The Labute approximate surface area is 131 Å². The standard InChI is InChI=1S/C14H20FN3O5/c15-10-5-12(23-11(10)8-19)18-7-9(13(20)16-14(18)21)6-17-1-3-22-4-2-17/h7,10-12,19H,1-6,8H2,(H,16,20,21)/t10-,11+,12-/m0/s1. The number of aliphatic hydroxyl groups is 1. The minimum absolute atomic E-state index is 0.0336. The molecular weight excluding hydrogens is 309 g/mol. The molecule has 2 aliphatic rings. The zero-order chi connectivity index (χ0) is 16.4. The van der Waals surface area contributed by atoms with E-state index in [0.717, 1.165) is 0 Å². The lowest BCUT2D eigenvalue weighted by atomic mass is 10.2. The minimum atomic E-state index is -1.34. The zero-order valence-corrected chi connectivity index (χ0v) is 12.6. The molecule has 1 aromatic rings. The van der Waals surface area contributed by atoms with Crippen LogP contribution >= 0.6 is 0 Å². The Balaban J connectivity index is 1.82. The largest absolute Gasteiger partial charge is 0.394 e. The molecule has 0 aliphatic carbocycles. The third-order valence-corrected chi connectivity index (χ3v) is 4.19. The van der Waals surface area contributed by atoms with Crippen LogP contribution in [0.15, 0.2) is 15.8 Å². The summed E-state index contributed by atoms with van der Waals surface area (Å²) in [5.41, 5.74) is -0.680. The molecule has 0 spiro atoms. The van der Waals surface area contributed by atoms with E-state index in [4.69, 9.17) is 14.6 Å². The molecule has 128 valence electrons. The first-order valence-electron chi connectivity index (χ1n) is 7.63. The van der Waals surface area contributed by atoms with E-state index in [-0.39, 0.29) is 6.42 Å². The van der Waals surface area contributed by atoms with Crippen LogP contribution in [0.2, 0.25) is 0 Å². The van der Waals surface area contributed by atoms with E-state index in [1.807, 2.05) is 4.90 Å². The van der Waals surface area contributed by atoms with Crippen LogP contribution in [0, 0.1) is 0 Å². The number of rotatable bonds is 4. The first-order valence-corrected chi connectivity index (χ1v) is 7.63. The molecular formula is C14H20FN3O5. The molecule has 0 radical (unpaired) electrons. The van der Waals surface area contributed by atoms with Crippen molar-refractivity contribution in [2.24, 2.45) is 0 Å². The zero-order valence-electron chi connectivity index (χ0n) is 12.6. The van der Waals surface area contributed by atoms with Crippen LogP contribution in [0.3, 0.4) is 0 Å². The fourth-order valence-corrected chi connectivity index (χ4v) is 2.88. The molecule has 0 bridgehead atoms. The van der Waals surface area contributed by atoms with Gasteiger partial charge in [-0.1, -0.05) is 0 Å². The van der Waals surface area contributed by atoms with E-state index in [0.29, 0.717) is 38.4 Å². The van der Waals surface area contributed by atoms with Crippen LogP contribution in [0.1, 0.15) is 18.2 Å². The van der Waals surface area contributed by atoms with Gasteiger partial charge in [-0.2, -0.15) is 0 Å². The predicted octanol–water partition coefficient (Wildman–Crippen LogP) is -1.01. The van der Waals surface area contributed by atoms with Gasteiger partial charge in [0.25, 0.3) is 5.56 Å². The summed E-state index contributed by atoms with van der Waals surface area (Å²) in [6.45, 7) is 2.55. The average molecular weight is 329 g/mol. The summed E-state index contributed by atoms with van der Waals surface area (Å²) in [6, 6.07) is 0. The summed E-state index contributed by atoms with van der Waals surface area (Å²) >= 11 is 0. The van der Waals surface area contributed by atoms with Crippen LogP contribution in [-0.2, 0) is 16.0 Å². The fourth-order valence-electron chi connectivity index (χ4n) is 2.88. The van der Waals surface area contributed by atoms with Gasteiger partial charge in [-0.15, -0.1) is 0 Å². The second-order valence-electron chi connectivity index (χ2n) is 5.77. The summed E-state index contributed by atoms with van der Waals surface area (Å²) in [6.07, 6.45) is -1.72. The van der Waals surface area contributed by atoms with Crippen molar-refractivity contribution in [2.75, 3.05) is 32.9 Å². The number of morpholine rings is 1. The first kappa shape index (κ1) is 16.3. The molecule has 3 rings (SSSR count). The van der Waals surface area contributed by atoms with E-state index < -0.39 is 36.4 Å². The van der Waals surface area contributed by atoms with Gasteiger partial charge in [0.1, 0.15) is 18.5 Å². The molecule has 23 heavy (non-hydrogen) atoms. The monoisotopic (exact) mass is 329 g/mol. The molecule has 0 unspecified atom stereocenters. The van der Waals surface area contributed by atoms with Crippen molar-refractivity contribution in [3.8, 4) is 0 Å². The van der Waals surface area contributed by atoms with Crippen LogP contribution < -0.4 is 11.2 Å². The lowest BCUT2D eigenvalue weighted by molar-refractivity contribution is -0.0358. The van der Waals surface area contributed by atoms with Gasteiger partial charge in [0.15, 0.2) is 0 Å². The number of hydrogen-bond acceptors (Lipinski definition) is 6. The van der Waals surface area contributed by atoms with Crippen molar-refractivity contribution >= 4 is 0 Å². The van der Waals surface area contributed by atoms with Gasteiger partial charge in [0.2, 0.25) is 0 Å². The smallest absolute Gasteiger partial charge is 0.330 e. The molecule has 8 nitrogen and oxygen atoms in total. The maximum Gasteiger partial charge on any atom is 0.330 e. The number of aromatic nitrogens is 2. The molecule has 0 aromatic carbocycles. The van der Waals surface area contributed by atoms with Crippen molar-refractivity contribution in [2.45, 2.75) is 31.5 Å². The highest BCUT2D eigenvalue weighted by Crippen LogP contribution is 2.29. The average Bonchev–Trinajstić information content (AvgIpc) is 2.91. The number of nitrogens with zero attached hydrogens (tertiary/aromatic N) is 2. The number of H-pyrrole nitrogens is 1. The highest BCUT2D eigenvalue weighted by atomic mass is 19.1. The van der Waals surface area contributed by atoms with E-state index in [1.54, 1.807) is 0 Å². The molecule has 9 heteroatoms. The predicted molar refractivity (Wildman–Crippen MR) is 77.9 cm³/mol. The van der Waals surface area contributed by atoms with E-state index in [2.05, 4.69) is 4.98 Å². The number of ether oxygens (including phenoxy) is 2. The topological polar surface area (TPSA) is 96.8 Å². The lowest BCUT2D eigenvalue weighted by Crippen LogP contribution is -2.40. The lowest BCUT2D eigenvalue weighted by Gasteiger charge is -2.26. The summed E-state index contributed by atoms with van der Waals surface area (Å²) in [5, 5.41) is 9.06. The second-order valence-corrected chi connectivity index (χ2v) is 5.77. The van der Waals surface area contributed by atoms with E-state index >= 15 is 0 Å². The second kappa shape index (κ2) is 6.91. The van der Waals surface area contributed by atoms with Gasteiger partial charge >= 0.3 is 5.69 Å². The Morgan fingerprint density at radius 1 is 1.35 bits per heavy atom. The van der Waals surface area contributed by atoms with Gasteiger partial charge in [-0.25, -0.2) is 9.18 Å². The third-order valence-electron chi connectivity index (χ3n) is 4.19. The maximum absolute atomic E-state index is 13.7. The molecule has 2 fully saturated rings. The van der Waals surface area contributed by atoms with Gasteiger partial charge in [-0.3, -0.25) is 19.2 Å². The Bertz CT molecular complexity index is 655. The molecule has 2 saturated heterocycles. The van der Waals surface area contributed by atoms with Crippen molar-refractivity contribution in [1.82, 2.24) is 14.5 Å². The Kier molecular flexibility index (Phi) is 4.90. The third kappa shape index (κ3) is 3.52. The van der Waals surface area contributed by atoms with Crippen LogP contribution in [0.4, 0.5) is 4.39 Å². The summed E-state index contributed by atoms with van der Waals surface area (Å²) < 4.78 is 25.5. The summed E-state index contributed by atoms with van der Waals surface area (Å²) in [5.74, 6) is 0. The van der Waals surface area contributed by atoms with Crippen molar-refractivity contribution < 1.29 is 19.0 Å². The normalized spacial score (nSPS) is 29.0. The van der Waals surface area contributed by atoms with Crippen LogP contribution in [0.25, 0.3) is 0 Å². The van der Waals surface area contributed by atoms with E-state index in [1.165, 1.54) is 10.8 Å². The molecule has 3 heterocycles. The van der Waals surface area contributed by atoms with Crippen molar-refractivity contribution in [1.29, 1.82) is 0 Å². The molecule has 2 aliphatic heterocycles. The highest BCUT2D eigenvalue weighted by molar-refractivity contribution is 5.05. The van der Waals surface area contributed by atoms with Gasteiger partial charge in [0, 0.05) is 37.8 Å². The number of aromatic amines is 1. The molecule has 0 saturated carbocycles. The summed E-state index contributed by atoms with van der Waals surface area (Å²) in [7, 11) is 0. The molecule has 3 atom stereocenters. The minimum Gasteiger partial charge on any atom is -0.394 e. The fraction of sp³-hybridized carbons (Fsp3) is 0.714. The van der Waals surface area contributed by atoms with Crippen LogP contribution in [-0.4, -0.2) is 64.7 Å². The Hall–Kier alpha value is -1.55. The molecule has 1 aromatic heterocycles. The quantitative estimate of drug-likeness (QED) is 0.734. The molecule has 2 N–H and O–H groups in total. The van der Waals surface area contributed by atoms with Gasteiger partial charge in [0.05, 0.1) is 19.8 Å². The van der Waals surface area contributed by atoms with Gasteiger partial charge < -0.3 is 14.6 Å². The van der Waals surface area contributed by atoms with Crippen molar-refractivity contribution in [3.63, 3.8) is 0 Å². The SMILES string of the molecule is O=c1[nH]c(=O)n([C@@H]2C[C@H](F)[C@@H](CO)O2)cc1CN1CCOCC1. The number of alkyl halides is 1. The van der Waals surface area contributed by atoms with E-state index in [9.17, 15) is 14.0 Å². The first-order chi connectivity index (χ1) is 11.1. The highest BCUT2D eigenvalue weighted by Gasteiger charge is 2.36. The Morgan fingerprint density at radius 2 is 2.09 bits per heavy atom. The maximum atomic E-state index is 13.7. The Morgan fingerprint density at radius 3 is 2.74 bits per heavy atom. The van der Waals surface area contributed by atoms with Crippen LogP contribution in [0.5, 0.6) is 0 Å². The van der Waals surface area contributed by atoms with Crippen molar-refractivity contribution in [3.05, 3.63) is 32.6 Å². The number of hydrogen-bond donors (Lipinski definition) is 2. The number of aliphatic hydroxyl groups excluding tert-OH is 1. The molecule has 0 amide bonds. The summed E-state index contributed by atoms with van der Waals surface area (Å²) in [4.78, 5) is 28.3. The van der Waals surface area contributed by atoms with Gasteiger partial charge in [-0.05, 0) is 0 Å².